The van der Waals surface area contributed by atoms with Gasteiger partial charge in [0.2, 0.25) is 5.60 Å². The summed E-state index contributed by atoms with van der Waals surface area (Å²) in [7, 11) is 0. The molecular weight excluding hydrogens is 318 g/mol. The third-order valence-corrected chi connectivity index (χ3v) is 4.03. The molecule has 0 spiro atoms. The highest BCUT2D eigenvalue weighted by Gasteiger charge is 2.41. The first-order valence-electron chi connectivity index (χ1n) is 8.28. The van der Waals surface area contributed by atoms with Gasteiger partial charge in [-0.05, 0) is 24.5 Å². The molecule has 0 saturated carbocycles. The number of amides is 1. The lowest BCUT2D eigenvalue weighted by atomic mass is 9.86. The number of aliphatic hydroxyl groups is 1. The third-order valence-electron chi connectivity index (χ3n) is 4.03. The van der Waals surface area contributed by atoms with Crippen LogP contribution in [0.2, 0.25) is 0 Å². The van der Waals surface area contributed by atoms with Crippen LogP contribution >= 0.6 is 0 Å². The van der Waals surface area contributed by atoms with Crippen molar-refractivity contribution in [1.29, 1.82) is 0 Å². The summed E-state index contributed by atoms with van der Waals surface area (Å²) < 4.78 is 5.12. The van der Waals surface area contributed by atoms with Gasteiger partial charge in [0.1, 0.15) is 0 Å². The molecule has 5 nitrogen and oxygen atoms in total. The van der Waals surface area contributed by atoms with Crippen LogP contribution < -0.4 is 5.32 Å². The molecular formula is C20H23NO4. The van der Waals surface area contributed by atoms with E-state index >= 15 is 0 Å². The van der Waals surface area contributed by atoms with Crippen molar-refractivity contribution in [2.24, 2.45) is 0 Å². The van der Waals surface area contributed by atoms with Crippen molar-refractivity contribution in [2.45, 2.75) is 31.9 Å². The Hall–Kier alpha value is -2.66. The average Bonchev–Trinajstić information content (AvgIpc) is 2.66. The fourth-order valence-electron chi connectivity index (χ4n) is 2.42. The molecule has 0 bridgehead atoms. The van der Waals surface area contributed by atoms with Crippen molar-refractivity contribution < 1.29 is 19.4 Å². The zero-order chi connectivity index (χ0) is 18.3. The minimum Gasteiger partial charge on any atom is -0.453 e. The molecule has 2 rings (SSSR count). The topological polar surface area (TPSA) is 75.6 Å². The van der Waals surface area contributed by atoms with Crippen molar-refractivity contribution in [3.05, 3.63) is 71.8 Å². The van der Waals surface area contributed by atoms with Crippen LogP contribution in [0, 0.1) is 0 Å². The molecule has 1 atom stereocenters. The van der Waals surface area contributed by atoms with Gasteiger partial charge in [0.05, 0.1) is 0 Å². The maximum atomic E-state index is 12.7. The smallest absolute Gasteiger partial charge is 0.348 e. The predicted octanol–water partition coefficient (Wildman–Crippen LogP) is 2.38. The van der Waals surface area contributed by atoms with Crippen molar-refractivity contribution in [3.63, 3.8) is 0 Å². The Morgan fingerprint density at radius 1 is 1.04 bits per heavy atom. The number of carbonyl (C=O) groups excluding carboxylic acids is 2. The molecule has 0 aliphatic rings. The summed E-state index contributed by atoms with van der Waals surface area (Å²) in [5.74, 6) is -1.28. The molecule has 2 aromatic carbocycles. The first kappa shape index (κ1) is 18.7. The minimum atomic E-state index is -1.97. The van der Waals surface area contributed by atoms with Crippen LogP contribution in [0.5, 0.6) is 0 Å². The van der Waals surface area contributed by atoms with Gasteiger partial charge in [-0.2, -0.15) is 0 Å². The van der Waals surface area contributed by atoms with Crippen LogP contribution in [0.4, 0.5) is 0 Å². The maximum absolute atomic E-state index is 12.7. The zero-order valence-corrected chi connectivity index (χ0v) is 14.4. The number of nitrogens with one attached hydrogen (secondary N) is 1. The quantitative estimate of drug-likeness (QED) is 0.758. The second-order valence-electron chi connectivity index (χ2n) is 5.90. The number of carbonyl (C=O) groups is 2. The van der Waals surface area contributed by atoms with E-state index in [-0.39, 0.29) is 6.04 Å². The van der Waals surface area contributed by atoms with E-state index in [0.717, 1.165) is 6.42 Å². The average molecular weight is 341 g/mol. The predicted molar refractivity (Wildman–Crippen MR) is 94.7 cm³/mol. The van der Waals surface area contributed by atoms with E-state index in [1.54, 1.807) is 60.7 Å². The first-order valence-corrected chi connectivity index (χ1v) is 8.28. The van der Waals surface area contributed by atoms with Gasteiger partial charge in [0.15, 0.2) is 6.61 Å². The molecule has 1 amide bonds. The van der Waals surface area contributed by atoms with Crippen molar-refractivity contribution in [3.8, 4) is 0 Å². The lowest BCUT2D eigenvalue weighted by Crippen LogP contribution is -2.41. The molecule has 5 heteroatoms. The summed E-state index contributed by atoms with van der Waals surface area (Å²) in [6.07, 6.45) is 0.775. The van der Waals surface area contributed by atoms with Gasteiger partial charge >= 0.3 is 5.97 Å². The van der Waals surface area contributed by atoms with Crippen LogP contribution in [0.15, 0.2) is 60.7 Å². The lowest BCUT2D eigenvalue weighted by Gasteiger charge is -2.27. The molecule has 0 heterocycles. The number of esters is 1. The van der Waals surface area contributed by atoms with E-state index in [1.165, 1.54) is 0 Å². The van der Waals surface area contributed by atoms with Crippen molar-refractivity contribution in [2.75, 3.05) is 6.61 Å². The molecule has 2 N–H and O–H groups in total. The van der Waals surface area contributed by atoms with Crippen LogP contribution in [0.25, 0.3) is 0 Å². The van der Waals surface area contributed by atoms with Crippen LogP contribution in [-0.2, 0) is 19.9 Å². The van der Waals surface area contributed by atoms with Crippen molar-refractivity contribution in [1.82, 2.24) is 5.32 Å². The Morgan fingerprint density at radius 2 is 1.52 bits per heavy atom. The summed E-state index contributed by atoms with van der Waals surface area (Å²) in [5.41, 5.74) is -1.21. The van der Waals surface area contributed by atoms with E-state index < -0.39 is 24.1 Å². The molecule has 0 aliphatic carbocycles. The molecule has 132 valence electrons. The number of hydrogen-bond acceptors (Lipinski definition) is 4. The van der Waals surface area contributed by atoms with Gasteiger partial charge < -0.3 is 15.2 Å². The third kappa shape index (κ3) is 4.45. The fraction of sp³-hybridized carbons (Fsp3) is 0.300. The summed E-state index contributed by atoms with van der Waals surface area (Å²) in [5, 5.41) is 13.9. The first-order chi connectivity index (χ1) is 12.0. The zero-order valence-electron chi connectivity index (χ0n) is 14.4. The van der Waals surface area contributed by atoms with Gasteiger partial charge in [-0.3, -0.25) is 4.79 Å². The van der Waals surface area contributed by atoms with E-state index in [2.05, 4.69) is 5.32 Å². The minimum absolute atomic E-state index is 0.00617. The number of benzene rings is 2. The number of ether oxygens (including phenoxy) is 1. The second kappa shape index (κ2) is 8.44. The number of hydrogen-bond donors (Lipinski definition) is 2. The Bertz CT molecular complexity index is 661. The Kier molecular flexibility index (Phi) is 6.31. The Morgan fingerprint density at radius 3 is 1.96 bits per heavy atom. The molecule has 25 heavy (non-hydrogen) atoms. The van der Waals surface area contributed by atoms with Gasteiger partial charge in [-0.1, -0.05) is 67.6 Å². The van der Waals surface area contributed by atoms with Crippen LogP contribution in [0.1, 0.15) is 31.4 Å². The summed E-state index contributed by atoms with van der Waals surface area (Å²) in [6, 6.07) is 17.1. The molecule has 0 aliphatic heterocycles. The second-order valence-corrected chi connectivity index (χ2v) is 5.90. The molecule has 2 aromatic rings. The van der Waals surface area contributed by atoms with Gasteiger partial charge in [-0.25, -0.2) is 4.79 Å². The summed E-state index contributed by atoms with van der Waals surface area (Å²) >= 11 is 0. The van der Waals surface area contributed by atoms with E-state index in [1.807, 2.05) is 13.8 Å². The van der Waals surface area contributed by atoms with Gasteiger partial charge in [0, 0.05) is 6.04 Å². The van der Waals surface area contributed by atoms with Gasteiger partial charge in [0.25, 0.3) is 5.91 Å². The standard InChI is InChI=1S/C20H23NO4/c1-3-15(2)21-18(22)14-25-19(23)20(24,16-10-6-4-7-11-16)17-12-8-5-9-13-17/h4-13,15,24H,3,14H2,1-2H3,(H,21,22). The van der Waals surface area contributed by atoms with Crippen molar-refractivity contribution >= 4 is 11.9 Å². The maximum Gasteiger partial charge on any atom is 0.348 e. The molecule has 0 saturated heterocycles. The lowest BCUT2D eigenvalue weighted by molar-refractivity contribution is -0.164. The van der Waals surface area contributed by atoms with Crippen LogP contribution in [0.3, 0.4) is 0 Å². The van der Waals surface area contributed by atoms with Gasteiger partial charge in [-0.15, -0.1) is 0 Å². The van der Waals surface area contributed by atoms with E-state index in [9.17, 15) is 14.7 Å². The summed E-state index contributed by atoms with van der Waals surface area (Å²) in [6.45, 7) is 3.37. The highest BCUT2D eigenvalue weighted by Crippen LogP contribution is 2.30. The largest absolute Gasteiger partial charge is 0.453 e. The number of rotatable bonds is 7. The van der Waals surface area contributed by atoms with Crippen LogP contribution in [-0.4, -0.2) is 29.6 Å². The SMILES string of the molecule is CCC(C)NC(=O)COC(=O)C(O)(c1ccccc1)c1ccccc1. The summed E-state index contributed by atoms with van der Waals surface area (Å²) in [4.78, 5) is 24.5. The molecule has 0 aromatic heterocycles. The highest BCUT2D eigenvalue weighted by molar-refractivity contribution is 5.88. The highest BCUT2D eigenvalue weighted by atomic mass is 16.6. The van der Waals surface area contributed by atoms with E-state index in [0.29, 0.717) is 11.1 Å². The molecule has 1 unspecified atom stereocenters. The fourth-order valence-corrected chi connectivity index (χ4v) is 2.42. The molecule has 0 radical (unpaired) electrons. The Labute approximate surface area is 147 Å². The molecule has 0 fully saturated rings. The van der Waals surface area contributed by atoms with E-state index in [4.69, 9.17) is 4.74 Å². The monoisotopic (exact) mass is 341 g/mol. The Balaban J connectivity index is 2.22. The normalized spacial score (nSPS) is 12.3.